The summed E-state index contributed by atoms with van der Waals surface area (Å²) in [6, 6.07) is 6.56. The summed E-state index contributed by atoms with van der Waals surface area (Å²) in [6.07, 6.45) is 1.77. The number of nitrogens with one attached hydrogen (secondary N) is 1. The van der Waals surface area contributed by atoms with Crippen LogP contribution in [0.2, 0.25) is 0 Å². The number of rotatable bonds is 2. The van der Waals surface area contributed by atoms with Crippen LogP contribution >= 0.6 is 0 Å². The summed E-state index contributed by atoms with van der Waals surface area (Å²) in [7, 11) is -0.526. The third-order valence-electron chi connectivity index (χ3n) is 1.21. The van der Waals surface area contributed by atoms with Gasteiger partial charge in [0.15, 0.2) is 0 Å². The van der Waals surface area contributed by atoms with Crippen LogP contribution in [0.25, 0.3) is 0 Å². The molecule has 0 spiro atoms. The summed E-state index contributed by atoms with van der Waals surface area (Å²) in [6.45, 7) is 0. The molecule has 12 heavy (non-hydrogen) atoms. The Morgan fingerprint density at radius 1 is 1.42 bits per heavy atom. The van der Waals surface area contributed by atoms with Gasteiger partial charge in [0.1, 0.15) is 5.75 Å². The molecule has 0 aliphatic heterocycles. The summed E-state index contributed by atoms with van der Waals surface area (Å²) in [4.78, 5) is 4.04. The van der Waals surface area contributed by atoms with Crippen molar-refractivity contribution in [2.45, 2.75) is 0 Å². The second kappa shape index (κ2) is 4.01. The summed E-state index contributed by atoms with van der Waals surface area (Å²) < 4.78 is 7.20. The molecule has 64 valence electrons. The standard InChI is InChI=1S/C8H10N2OS/c1-12(9)6-10-7-2-4-8(11)5-3-7/h2-6,9,11H,1H3. The van der Waals surface area contributed by atoms with Crippen LogP contribution in [0.15, 0.2) is 29.3 Å². The van der Waals surface area contributed by atoms with Crippen molar-refractivity contribution in [2.75, 3.05) is 6.26 Å². The average molecular weight is 182 g/mol. The zero-order valence-electron chi connectivity index (χ0n) is 6.69. The van der Waals surface area contributed by atoms with E-state index in [1.807, 2.05) is 0 Å². The van der Waals surface area contributed by atoms with E-state index >= 15 is 0 Å². The molecule has 1 rings (SSSR count). The minimum absolute atomic E-state index is 0.232. The van der Waals surface area contributed by atoms with Gasteiger partial charge >= 0.3 is 0 Å². The predicted octanol–water partition coefficient (Wildman–Crippen LogP) is 2.06. The Balaban J connectivity index is 2.77. The van der Waals surface area contributed by atoms with Gasteiger partial charge < -0.3 is 5.11 Å². The van der Waals surface area contributed by atoms with Crippen LogP contribution in [0.5, 0.6) is 5.75 Å². The third kappa shape index (κ3) is 2.84. The lowest BCUT2D eigenvalue weighted by molar-refractivity contribution is 0.475. The highest BCUT2D eigenvalue weighted by molar-refractivity contribution is 7.98. The molecule has 0 fully saturated rings. The topological polar surface area (TPSA) is 56.4 Å². The first kappa shape index (κ1) is 8.93. The van der Waals surface area contributed by atoms with Gasteiger partial charge in [-0.2, -0.15) is 0 Å². The highest BCUT2D eigenvalue weighted by atomic mass is 32.2. The Morgan fingerprint density at radius 3 is 2.50 bits per heavy atom. The lowest BCUT2D eigenvalue weighted by Crippen LogP contribution is -1.80. The first-order valence-electron chi connectivity index (χ1n) is 3.37. The number of aromatic hydroxyl groups is 1. The van der Waals surface area contributed by atoms with Crippen LogP contribution in [0.4, 0.5) is 5.69 Å². The van der Waals surface area contributed by atoms with Gasteiger partial charge in [0.2, 0.25) is 0 Å². The Labute approximate surface area is 73.7 Å². The highest BCUT2D eigenvalue weighted by Crippen LogP contribution is 2.15. The lowest BCUT2D eigenvalue weighted by Gasteiger charge is -1.92. The van der Waals surface area contributed by atoms with E-state index in [2.05, 4.69) is 4.99 Å². The van der Waals surface area contributed by atoms with Crippen molar-refractivity contribution in [3.8, 4) is 5.75 Å². The normalized spacial score (nSPS) is 13.4. The molecule has 0 amide bonds. The highest BCUT2D eigenvalue weighted by Gasteiger charge is 1.87. The summed E-state index contributed by atoms with van der Waals surface area (Å²) >= 11 is 0. The first-order valence-corrected chi connectivity index (χ1v) is 5.07. The number of hydrogen-bond donors (Lipinski definition) is 2. The van der Waals surface area contributed by atoms with Gasteiger partial charge in [-0.1, -0.05) is 10.7 Å². The maximum absolute atomic E-state index is 8.95. The zero-order valence-corrected chi connectivity index (χ0v) is 7.51. The van der Waals surface area contributed by atoms with E-state index < -0.39 is 10.7 Å². The van der Waals surface area contributed by atoms with Gasteiger partial charge in [-0.25, -0.2) is 4.99 Å². The Morgan fingerprint density at radius 2 is 2.00 bits per heavy atom. The zero-order chi connectivity index (χ0) is 8.97. The quantitative estimate of drug-likeness (QED) is 0.534. The Hall–Kier alpha value is -1.16. The smallest absolute Gasteiger partial charge is 0.115 e. The molecule has 1 unspecified atom stereocenters. The molecule has 0 saturated heterocycles. The van der Waals surface area contributed by atoms with Gasteiger partial charge in [0.05, 0.1) is 11.2 Å². The molecule has 0 radical (unpaired) electrons. The van der Waals surface area contributed by atoms with Crippen LogP contribution < -0.4 is 0 Å². The molecule has 0 aliphatic carbocycles. The van der Waals surface area contributed by atoms with Crippen LogP contribution in [0.1, 0.15) is 0 Å². The average Bonchev–Trinajstić information content (AvgIpc) is 2.03. The van der Waals surface area contributed by atoms with Crippen LogP contribution in [-0.2, 0) is 10.7 Å². The molecular weight excluding hydrogens is 172 g/mol. The Kier molecular flexibility index (Phi) is 2.99. The second-order valence-corrected chi connectivity index (χ2v) is 3.63. The fourth-order valence-corrected chi connectivity index (χ4v) is 0.958. The molecule has 3 nitrogen and oxygen atoms in total. The van der Waals surface area contributed by atoms with Gasteiger partial charge in [-0.05, 0) is 30.5 Å². The monoisotopic (exact) mass is 182 g/mol. The van der Waals surface area contributed by atoms with Crippen molar-refractivity contribution in [2.24, 2.45) is 4.99 Å². The molecule has 0 aromatic heterocycles. The van der Waals surface area contributed by atoms with Crippen molar-refractivity contribution in [1.29, 1.82) is 4.78 Å². The van der Waals surface area contributed by atoms with E-state index in [1.165, 1.54) is 0 Å². The maximum Gasteiger partial charge on any atom is 0.115 e. The summed E-state index contributed by atoms with van der Waals surface area (Å²) in [5.74, 6) is 0.232. The van der Waals surface area contributed by atoms with E-state index in [-0.39, 0.29) is 5.75 Å². The Bertz CT molecular complexity index is 305. The van der Waals surface area contributed by atoms with Crippen molar-refractivity contribution in [3.63, 3.8) is 0 Å². The molecular formula is C8H10N2OS. The number of nitrogens with zero attached hydrogens (tertiary/aromatic N) is 1. The predicted molar refractivity (Wildman–Crippen MR) is 52.3 cm³/mol. The van der Waals surface area contributed by atoms with Crippen molar-refractivity contribution in [1.82, 2.24) is 0 Å². The molecule has 1 aromatic carbocycles. The molecule has 1 atom stereocenters. The number of hydrogen-bond acceptors (Lipinski definition) is 3. The SMILES string of the molecule is CS(=N)C=Nc1ccc(O)cc1. The fourth-order valence-electron chi connectivity index (χ4n) is 0.679. The lowest BCUT2D eigenvalue weighted by atomic mass is 10.3. The van der Waals surface area contributed by atoms with Crippen LogP contribution in [-0.4, -0.2) is 16.9 Å². The van der Waals surface area contributed by atoms with E-state index in [0.717, 1.165) is 5.69 Å². The molecule has 4 heteroatoms. The van der Waals surface area contributed by atoms with Crippen LogP contribution in [0, 0.1) is 4.78 Å². The van der Waals surface area contributed by atoms with Crippen LogP contribution in [0.3, 0.4) is 0 Å². The van der Waals surface area contributed by atoms with Gasteiger partial charge in [0, 0.05) is 0 Å². The maximum atomic E-state index is 8.95. The van der Waals surface area contributed by atoms with Crippen molar-refractivity contribution < 1.29 is 5.11 Å². The minimum Gasteiger partial charge on any atom is -0.508 e. The molecule has 0 saturated carbocycles. The number of phenols is 1. The van der Waals surface area contributed by atoms with Gasteiger partial charge in [0.25, 0.3) is 0 Å². The molecule has 0 heterocycles. The van der Waals surface area contributed by atoms with E-state index in [9.17, 15) is 0 Å². The molecule has 0 bridgehead atoms. The van der Waals surface area contributed by atoms with E-state index in [4.69, 9.17) is 9.89 Å². The summed E-state index contributed by atoms with van der Waals surface area (Å²) in [5, 5.41) is 8.95. The molecule has 2 N–H and O–H groups in total. The fraction of sp³-hybridized carbons (Fsp3) is 0.125. The number of benzene rings is 1. The summed E-state index contributed by atoms with van der Waals surface area (Å²) in [5.41, 5.74) is 2.34. The molecule has 0 aliphatic rings. The number of phenolic OH excluding ortho intramolecular Hbond substituents is 1. The first-order chi connectivity index (χ1) is 5.68. The van der Waals surface area contributed by atoms with Crippen molar-refractivity contribution in [3.05, 3.63) is 24.3 Å². The second-order valence-electron chi connectivity index (χ2n) is 2.31. The van der Waals surface area contributed by atoms with Crippen molar-refractivity contribution >= 4 is 21.9 Å². The van der Waals surface area contributed by atoms with E-state index in [0.29, 0.717) is 0 Å². The number of aliphatic imine (C=N–C) groups is 1. The third-order valence-corrected chi connectivity index (χ3v) is 1.63. The van der Waals surface area contributed by atoms with E-state index in [1.54, 1.807) is 36.1 Å². The largest absolute Gasteiger partial charge is 0.508 e. The molecule has 1 aromatic rings. The van der Waals surface area contributed by atoms with Gasteiger partial charge in [-0.15, -0.1) is 0 Å². The minimum atomic E-state index is -0.526. The van der Waals surface area contributed by atoms with Gasteiger partial charge in [-0.3, -0.25) is 4.78 Å².